The molecule has 2 unspecified atom stereocenters. The van der Waals surface area contributed by atoms with Crippen molar-refractivity contribution in [2.75, 3.05) is 11.9 Å². The quantitative estimate of drug-likeness (QED) is 0.171. The third-order valence-electron chi connectivity index (χ3n) is 7.65. The van der Waals surface area contributed by atoms with Crippen molar-refractivity contribution in [1.82, 2.24) is 10.2 Å². The Balaban J connectivity index is 2.12. The van der Waals surface area contributed by atoms with E-state index in [-0.39, 0.29) is 18.2 Å². The maximum Gasteiger partial charge on any atom is 0.408 e. The number of amides is 3. The van der Waals surface area contributed by atoms with E-state index in [9.17, 15) is 14.4 Å². The first kappa shape index (κ1) is 36.6. The van der Waals surface area contributed by atoms with Gasteiger partial charge in [-0.15, -0.1) is 0 Å². The number of carbonyl (C=O) groups is 3. The minimum atomic E-state index is -0.980. The number of hydrogen-bond acceptors (Lipinski definition) is 4. The molecule has 3 aromatic carbocycles. The predicted molar refractivity (Wildman–Crippen MR) is 187 cm³/mol. The third-order valence-corrected chi connectivity index (χ3v) is 7.96. The fourth-order valence-corrected chi connectivity index (χ4v) is 5.84. The van der Waals surface area contributed by atoms with Crippen molar-refractivity contribution in [3.05, 3.63) is 99.6 Å². The molecule has 0 radical (unpaired) electrons. The Kier molecular flexibility index (Phi) is 13.7. The van der Waals surface area contributed by atoms with Crippen LogP contribution >= 0.6 is 11.6 Å². The molecule has 0 aliphatic rings. The van der Waals surface area contributed by atoms with Crippen molar-refractivity contribution in [3.63, 3.8) is 0 Å². The second-order valence-electron chi connectivity index (χ2n) is 13.1. The maximum atomic E-state index is 14.8. The molecule has 3 rings (SSSR count). The van der Waals surface area contributed by atoms with Gasteiger partial charge in [-0.05, 0) is 70.7 Å². The molecule has 7 nitrogen and oxygen atoms in total. The van der Waals surface area contributed by atoms with Gasteiger partial charge in [0, 0.05) is 13.0 Å². The number of ether oxygens (including phenoxy) is 1. The van der Waals surface area contributed by atoms with Gasteiger partial charge in [0.15, 0.2) is 0 Å². The molecule has 0 aliphatic heterocycles. The normalized spacial score (nSPS) is 12.6. The van der Waals surface area contributed by atoms with Crippen LogP contribution < -0.4 is 10.6 Å². The van der Waals surface area contributed by atoms with Gasteiger partial charge in [0.25, 0.3) is 5.91 Å². The highest BCUT2D eigenvalue weighted by Gasteiger charge is 2.37. The van der Waals surface area contributed by atoms with Crippen molar-refractivity contribution in [1.29, 1.82) is 0 Å². The first-order valence-corrected chi connectivity index (χ1v) is 16.6. The SMILES string of the molecule is CCCCCCCN(C(=O)C(Cc1ccccc1)NC(=O)OC(C)(C)C)C(C(=O)Nc1c(C)cccc1Cl)c1cc(C)cc(C)c1. The smallest absolute Gasteiger partial charge is 0.408 e. The zero-order valence-corrected chi connectivity index (χ0v) is 29.2. The van der Waals surface area contributed by atoms with E-state index < -0.39 is 23.8 Å². The van der Waals surface area contributed by atoms with E-state index in [1.807, 2.05) is 81.4 Å². The van der Waals surface area contributed by atoms with Crippen molar-refractivity contribution in [2.45, 2.75) is 105 Å². The summed E-state index contributed by atoms with van der Waals surface area (Å²) in [7, 11) is 0. The van der Waals surface area contributed by atoms with Gasteiger partial charge >= 0.3 is 6.09 Å². The Morgan fingerprint density at radius 2 is 1.52 bits per heavy atom. The number of para-hydroxylation sites is 1. The van der Waals surface area contributed by atoms with E-state index in [1.165, 1.54) is 0 Å². The van der Waals surface area contributed by atoms with Crippen LogP contribution in [0, 0.1) is 20.8 Å². The highest BCUT2D eigenvalue weighted by molar-refractivity contribution is 6.34. The summed E-state index contributed by atoms with van der Waals surface area (Å²) in [6.07, 6.45) is 4.37. The summed E-state index contributed by atoms with van der Waals surface area (Å²) in [5.74, 6) is -0.737. The average molecular weight is 648 g/mol. The van der Waals surface area contributed by atoms with Crippen LogP contribution in [0.3, 0.4) is 0 Å². The molecule has 0 bridgehead atoms. The molecule has 0 spiro atoms. The molecule has 0 aliphatic carbocycles. The molecule has 3 aromatic rings. The summed E-state index contributed by atoms with van der Waals surface area (Å²) < 4.78 is 5.58. The van der Waals surface area contributed by atoms with Gasteiger partial charge in [0.2, 0.25) is 5.91 Å². The van der Waals surface area contributed by atoms with Crippen LogP contribution in [-0.2, 0) is 20.7 Å². The number of nitrogens with zero attached hydrogens (tertiary/aromatic N) is 1. The van der Waals surface area contributed by atoms with E-state index in [0.717, 1.165) is 47.9 Å². The number of alkyl carbamates (subject to hydrolysis) is 1. The Morgan fingerprint density at radius 1 is 0.870 bits per heavy atom. The first-order valence-electron chi connectivity index (χ1n) is 16.3. The van der Waals surface area contributed by atoms with Gasteiger partial charge < -0.3 is 20.3 Å². The van der Waals surface area contributed by atoms with Crippen molar-refractivity contribution < 1.29 is 19.1 Å². The lowest BCUT2D eigenvalue weighted by molar-refractivity contribution is -0.140. The van der Waals surface area contributed by atoms with Crippen LogP contribution in [0.15, 0.2) is 66.7 Å². The zero-order chi connectivity index (χ0) is 33.9. The van der Waals surface area contributed by atoms with Crippen LogP contribution in [0.2, 0.25) is 5.02 Å². The van der Waals surface area contributed by atoms with Crippen LogP contribution in [0.25, 0.3) is 0 Å². The maximum absolute atomic E-state index is 14.8. The van der Waals surface area contributed by atoms with E-state index in [2.05, 4.69) is 17.6 Å². The van der Waals surface area contributed by atoms with Crippen LogP contribution in [0.4, 0.5) is 10.5 Å². The number of carbonyl (C=O) groups excluding carboxylic acids is 3. The van der Waals surface area contributed by atoms with Crippen LogP contribution in [0.1, 0.15) is 93.7 Å². The topological polar surface area (TPSA) is 87.7 Å². The Hall–Kier alpha value is -3.84. The number of benzene rings is 3. The molecule has 8 heteroatoms. The summed E-state index contributed by atoms with van der Waals surface area (Å²) in [6, 6.07) is 18.9. The highest BCUT2D eigenvalue weighted by Crippen LogP contribution is 2.31. The number of anilines is 1. The molecule has 3 amide bonds. The fraction of sp³-hybridized carbons (Fsp3) is 0.447. The summed E-state index contributed by atoms with van der Waals surface area (Å²) in [4.78, 5) is 44.0. The van der Waals surface area contributed by atoms with Crippen LogP contribution in [-0.4, -0.2) is 41.0 Å². The predicted octanol–water partition coefficient (Wildman–Crippen LogP) is 8.88. The summed E-state index contributed by atoms with van der Waals surface area (Å²) in [5, 5.41) is 6.30. The minimum absolute atomic E-state index is 0.232. The molecule has 248 valence electrons. The molecule has 2 N–H and O–H groups in total. The number of halogens is 1. The van der Waals surface area contributed by atoms with E-state index in [1.54, 1.807) is 31.7 Å². The lowest BCUT2D eigenvalue weighted by Gasteiger charge is -2.35. The number of aryl methyl sites for hydroxylation is 3. The largest absolute Gasteiger partial charge is 0.444 e. The average Bonchev–Trinajstić information content (AvgIpc) is 2.96. The zero-order valence-electron chi connectivity index (χ0n) is 28.4. The van der Waals surface area contributed by atoms with Gasteiger partial charge in [0.1, 0.15) is 17.7 Å². The molecular formula is C38H50ClN3O4. The molecule has 0 heterocycles. The van der Waals surface area contributed by atoms with E-state index in [0.29, 0.717) is 29.2 Å². The lowest BCUT2D eigenvalue weighted by Crippen LogP contribution is -2.53. The summed E-state index contributed by atoms with van der Waals surface area (Å²) in [6.45, 7) is 13.7. The van der Waals surface area contributed by atoms with Gasteiger partial charge in [-0.25, -0.2) is 4.79 Å². The summed E-state index contributed by atoms with van der Waals surface area (Å²) >= 11 is 6.54. The lowest BCUT2D eigenvalue weighted by atomic mass is 9.96. The highest BCUT2D eigenvalue weighted by atomic mass is 35.5. The summed E-state index contributed by atoms with van der Waals surface area (Å²) in [5.41, 5.74) is 4.08. The number of rotatable bonds is 14. The van der Waals surface area contributed by atoms with E-state index in [4.69, 9.17) is 16.3 Å². The second kappa shape index (κ2) is 17.2. The molecule has 0 saturated heterocycles. The van der Waals surface area contributed by atoms with Crippen LogP contribution in [0.5, 0.6) is 0 Å². The van der Waals surface area contributed by atoms with Gasteiger partial charge in [-0.3, -0.25) is 9.59 Å². The number of nitrogens with one attached hydrogen (secondary N) is 2. The monoisotopic (exact) mass is 647 g/mol. The Labute approximate surface area is 280 Å². The Bertz CT molecular complexity index is 1430. The second-order valence-corrected chi connectivity index (χ2v) is 13.5. The molecule has 46 heavy (non-hydrogen) atoms. The molecular weight excluding hydrogens is 598 g/mol. The van der Waals surface area contributed by atoms with Gasteiger partial charge in [-0.2, -0.15) is 0 Å². The first-order chi connectivity index (χ1) is 21.8. The molecule has 0 saturated carbocycles. The van der Waals surface area contributed by atoms with Gasteiger partial charge in [0.05, 0.1) is 10.7 Å². The third kappa shape index (κ3) is 11.2. The van der Waals surface area contributed by atoms with Crippen molar-refractivity contribution >= 4 is 35.2 Å². The van der Waals surface area contributed by atoms with Crippen molar-refractivity contribution in [2.24, 2.45) is 0 Å². The number of hydrogen-bond donors (Lipinski definition) is 2. The minimum Gasteiger partial charge on any atom is -0.444 e. The molecule has 0 fully saturated rings. The van der Waals surface area contributed by atoms with E-state index >= 15 is 0 Å². The molecule has 2 atom stereocenters. The Morgan fingerprint density at radius 3 is 2.13 bits per heavy atom. The number of unbranched alkanes of at least 4 members (excludes halogenated alkanes) is 4. The van der Waals surface area contributed by atoms with Gasteiger partial charge in [-0.1, -0.05) is 116 Å². The molecule has 0 aromatic heterocycles. The van der Waals surface area contributed by atoms with Crippen molar-refractivity contribution in [3.8, 4) is 0 Å². The standard InChI is InChI=1S/C38H50ClN3O4/c1-8-9-10-11-15-21-42(36(44)32(25-29-18-13-12-14-19-29)40-37(45)46-38(5,6)7)34(30-23-26(2)22-27(3)24-30)35(43)41-33-28(4)17-16-20-31(33)39/h12-14,16-20,22-24,32,34H,8-11,15,21,25H2,1-7H3,(H,40,45)(H,41,43). The fourth-order valence-electron chi connectivity index (χ4n) is 5.57.